The average Bonchev–Trinajstić information content (AvgIpc) is 2.86. The molecule has 1 amide bonds. The van der Waals surface area contributed by atoms with Gasteiger partial charge in [0, 0.05) is 30.3 Å². The number of benzene rings is 3. The predicted octanol–water partition coefficient (Wildman–Crippen LogP) is 4.52. The third-order valence-electron chi connectivity index (χ3n) is 5.86. The maximum absolute atomic E-state index is 13.5. The second-order valence-electron chi connectivity index (χ2n) is 8.80. The topological polar surface area (TPSA) is 83.6 Å². The highest BCUT2D eigenvalue weighted by Gasteiger charge is 2.27. The summed E-state index contributed by atoms with van der Waals surface area (Å²) in [4.78, 5) is 28.2. The normalized spacial score (nSPS) is 12.3. The van der Waals surface area contributed by atoms with E-state index in [9.17, 15) is 18.0 Å². The van der Waals surface area contributed by atoms with Crippen LogP contribution in [0.2, 0.25) is 0 Å². The number of amides is 1. The first-order valence-corrected chi connectivity index (χ1v) is 13.4. The van der Waals surface area contributed by atoms with Crippen LogP contribution in [0.25, 0.3) is 0 Å². The summed E-state index contributed by atoms with van der Waals surface area (Å²) < 4.78 is 28.5. The van der Waals surface area contributed by atoms with Crippen LogP contribution in [0.1, 0.15) is 52.6 Å². The lowest BCUT2D eigenvalue weighted by Crippen LogP contribution is -2.48. The molecular formula is C28H32N2O4S. The molecule has 0 heterocycles. The molecule has 0 spiro atoms. The summed E-state index contributed by atoms with van der Waals surface area (Å²) in [6, 6.07) is 24.1. The number of hydrogen-bond donors (Lipinski definition) is 1. The second kappa shape index (κ2) is 11.9. The van der Waals surface area contributed by atoms with Crippen molar-refractivity contribution in [1.82, 2.24) is 9.62 Å². The van der Waals surface area contributed by atoms with E-state index in [0.29, 0.717) is 28.8 Å². The highest BCUT2D eigenvalue weighted by Crippen LogP contribution is 2.18. The third-order valence-corrected chi connectivity index (χ3v) is 7.23. The maximum atomic E-state index is 13.5. The van der Waals surface area contributed by atoms with E-state index in [0.717, 1.165) is 0 Å². The number of carbonyl (C=O) groups is 2. The molecule has 7 heteroatoms. The molecule has 3 aromatic carbocycles. The molecule has 1 atom stereocenters. The molecular weight excluding hydrogens is 460 g/mol. The van der Waals surface area contributed by atoms with Crippen LogP contribution in [0.3, 0.4) is 0 Å². The van der Waals surface area contributed by atoms with E-state index in [-0.39, 0.29) is 29.9 Å². The largest absolute Gasteiger partial charge is 0.337 e. The zero-order valence-corrected chi connectivity index (χ0v) is 21.2. The Kier molecular flexibility index (Phi) is 8.95. The van der Waals surface area contributed by atoms with Crippen LogP contribution in [0.4, 0.5) is 0 Å². The van der Waals surface area contributed by atoms with Crippen molar-refractivity contribution >= 4 is 21.7 Å². The van der Waals surface area contributed by atoms with Gasteiger partial charge in [0.2, 0.25) is 10.0 Å². The van der Waals surface area contributed by atoms with E-state index >= 15 is 0 Å². The molecule has 0 aliphatic rings. The summed E-state index contributed by atoms with van der Waals surface area (Å²) >= 11 is 0. The van der Waals surface area contributed by atoms with E-state index in [2.05, 4.69) is 4.72 Å². The number of carbonyl (C=O) groups excluding carboxylic acids is 2. The molecule has 0 fully saturated rings. The van der Waals surface area contributed by atoms with Gasteiger partial charge in [-0.05, 0) is 24.5 Å². The van der Waals surface area contributed by atoms with Crippen molar-refractivity contribution in [1.29, 1.82) is 0 Å². The van der Waals surface area contributed by atoms with Crippen LogP contribution in [0, 0.1) is 5.92 Å². The van der Waals surface area contributed by atoms with Gasteiger partial charge in [-0.3, -0.25) is 9.59 Å². The summed E-state index contributed by atoms with van der Waals surface area (Å²) in [6.45, 7) is 6.24. The fourth-order valence-electron chi connectivity index (χ4n) is 3.83. The molecule has 35 heavy (non-hydrogen) atoms. The Bertz CT molecular complexity index is 1240. The van der Waals surface area contributed by atoms with Crippen LogP contribution >= 0.6 is 0 Å². The van der Waals surface area contributed by atoms with E-state index in [1.54, 1.807) is 77.7 Å². The van der Waals surface area contributed by atoms with Crippen LogP contribution in [0.15, 0.2) is 84.9 Å². The van der Waals surface area contributed by atoms with Gasteiger partial charge >= 0.3 is 0 Å². The van der Waals surface area contributed by atoms with Crippen LogP contribution in [-0.2, 0) is 15.8 Å². The van der Waals surface area contributed by atoms with Crippen molar-refractivity contribution in [2.24, 2.45) is 5.92 Å². The minimum atomic E-state index is -3.62. The Morgan fingerprint density at radius 3 is 1.94 bits per heavy atom. The molecule has 0 aliphatic carbocycles. The number of rotatable bonds is 11. The molecule has 0 bridgehead atoms. The maximum Gasteiger partial charge on any atom is 0.254 e. The smallest absolute Gasteiger partial charge is 0.254 e. The highest BCUT2D eigenvalue weighted by atomic mass is 32.2. The summed E-state index contributed by atoms with van der Waals surface area (Å²) in [6.07, 6.45) is 0. The lowest BCUT2D eigenvalue weighted by atomic mass is 9.97. The van der Waals surface area contributed by atoms with Gasteiger partial charge in [0.05, 0.1) is 11.3 Å². The monoisotopic (exact) mass is 492 g/mol. The van der Waals surface area contributed by atoms with E-state index in [1.807, 2.05) is 32.9 Å². The predicted molar refractivity (Wildman–Crippen MR) is 139 cm³/mol. The van der Waals surface area contributed by atoms with Crippen molar-refractivity contribution in [2.45, 2.75) is 32.6 Å². The Morgan fingerprint density at radius 1 is 0.829 bits per heavy atom. The molecule has 3 rings (SSSR count). The molecule has 0 saturated carbocycles. The number of sulfonamides is 1. The van der Waals surface area contributed by atoms with Crippen molar-refractivity contribution in [3.63, 3.8) is 0 Å². The van der Waals surface area contributed by atoms with Crippen LogP contribution in [0.5, 0.6) is 0 Å². The zero-order valence-electron chi connectivity index (χ0n) is 20.3. The SMILES string of the molecule is CCN(CC(NS(=O)(=O)Cc1ccccc1)C(C)C)C(=O)c1ccccc1C(=O)c1ccccc1. The van der Waals surface area contributed by atoms with Gasteiger partial charge in [-0.2, -0.15) is 0 Å². The van der Waals surface area contributed by atoms with Gasteiger partial charge < -0.3 is 4.90 Å². The van der Waals surface area contributed by atoms with E-state index < -0.39 is 16.1 Å². The highest BCUT2D eigenvalue weighted by molar-refractivity contribution is 7.88. The Morgan fingerprint density at radius 2 is 1.37 bits per heavy atom. The lowest BCUT2D eigenvalue weighted by molar-refractivity contribution is 0.0738. The molecule has 1 unspecified atom stereocenters. The summed E-state index contributed by atoms with van der Waals surface area (Å²) in [5.41, 5.74) is 1.83. The zero-order chi connectivity index (χ0) is 25.4. The molecule has 0 saturated heterocycles. The van der Waals surface area contributed by atoms with Gasteiger partial charge in [-0.15, -0.1) is 0 Å². The number of nitrogens with one attached hydrogen (secondary N) is 1. The molecule has 0 aromatic heterocycles. The first kappa shape index (κ1) is 26.3. The first-order chi connectivity index (χ1) is 16.7. The fourth-order valence-corrected chi connectivity index (χ4v) is 5.35. The van der Waals surface area contributed by atoms with Crippen molar-refractivity contribution < 1.29 is 18.0 Å². The molecule has 3 aromatic rings. The average molecular weight is 493 g/mol. The van der Waals surface area contributed by atoms with E-state index in [1.165, 1.54) is 0 Å². The standard InChI is InChI=1S/C28H32N2O4S/c1-4-30(19-26(21(2)3)29-35(33,34)20-22-13-7-5-8-14-22)28(32)25-18-12-11-17-24(25)27(31)23-15-9-6-10-16-23/h5-18,21,26,29H,4,19-20H2,1-3H3. The summed E-state index contributed by atoms with van der Waals surface area (Å²) in [7, 11) is -3.62. The van der Waals surface area contributed by atoms with Gasteiger partial charge in [-0.1, -0.05) is 92.7 Å². The minimum Gasteiger partial charge on any atom is -0.337 e. The number of hydrogen-bond acceptors (Lipinski definition) is 4. The quantitative estimate of drug-likeness (QED) is 0.399. The number of likely N-dealkylation sites (N-methyl/N-ethyl adjacent to an activating group) is 1. The molecule has 0 radical (unpaired) electrons. The van der Waals surface area contributed by atoms with Crippen molar-refractivity contribution in [3.8, 4) is 0 Å². The van der Waals surface area contributed by atoms with Gasteiger partial charge in [0.15, 0.2) is 5.78 Å². The molecule has 184 valence electrons. The number of nitrogens with zero attached hydrogens (tertiary/aromatic N) is 1. The Balaban J connectivity index is 1.81. The second-order valence-corrected chi connectivity index (χ2v) is 10.6. The third kappa shape index (κ3) is 7.10. The Hall–Kier alpha value is -3.29. The lowest BCUT2D eigenvalue weighted by Gasteiger charge is -2.30. The molecule has 0 aliphatic heterocycles. The van der Waals surface area contributed by atoms with E-state index in [4.69, 9.17) is 0 Å². The van der Waals surface area contributed by atoms with Gasteiger partial charge in [0.1, 0.15) is 0 Å². The van der Waals surface area contributed by atoms with Crippen LogP contribution in [-0.4, -0.2) is 44.1 Å². The minimum absolute atomic E-state index is 0.0522. The number of ketones is 1. The molecule has 6 nitrogen and oxygen atoms in total. The van der Waals surface area contributed by atoms with Crippen LogP contribution < -0.4 is 4.72 Å². The van der Waals surface area contributed by atoms with Crippen molar-refractivity contribution in [3.05, 3.63) is 107 Å². The summed E-state index contributed by atoms with van der Waals surface area (Å²) in [5.74, 6) is -0.718. The summed E-state index contributed by atoms with van der Waals surface area (Å²) in [5, 5.41) is 0. The molecule has 1 N–H and O–H groups in total. The van der Waals surface area contributed by atoms with Gasteiger partial charge in [-0.25, -0.2) is 13.1 Å². The van der Waals surface area contributed by atoms with Gasteiger partial charge in [0.25, 0.3) is 5.91 Å². The fraction of sp³-hybridized carbons (Fsp3) is 0.286. The first-order valence-electron chi connectivity index (χ1n) is 11.7. The van der Waals surface area contributed by atoms with Crippen molar-refractivity contribution in [2.75, 3.05) is 13.1 Å². The Labute approximate surface area is 208 Å².